The van der Waals surface area contributed by atoms with E-state index in [2.05, 4.69) is 63.5 Å². The second-order valence-corrected chi connectivity index (χ2v) is 34.0. The van der Waals surface area contributed by atoms with Crippen LogP contribution in [-0.4, -0.2) is 234 Å². The Hall–Kier alpha value is -9.74. The largest absolute Gasteiger partial charge is 0.481 e. The van der Waals surface area contributed by atoms with Crippen LogP contribution < -0.4 is 69.5 Å². The lowest BCUT2D eigenvalue weighted by atomic mass is 9.95. The molecule has 0 aliphatic carbocycles. The summed E-state index contributed by atoms with van der Waals surface area (Å²) in [5.41, 5.74) is 8.14. The molecule has 2 aromatic carbocycles. The number of aliphatic hydroxyl groups is 2. The number of aliphatic hydroxyl groups excluding tert-OH is 2. The Balaban J connectivity index is 1.63. The van der Waals surface area contributed by atoms with Crippen LogP contribution in [0.5, 0.6) is 0 Å². The number of benzene rings is 2. The number of carbonyl (C=O) groups is 15. The predicted molar refractivity (Wildman–Crippen MR) is 441 cm³/mol. The van der Waals surface area contributed by atoms with Crippen LogP contribution in [0.4, 0.5) is 0 Å². The van der Waals surface area contributed by atoms with Gasteiger partial charge in [-0.1, -0.05) is 152 Å². The number of thioether (sulfide) groups is 1. The van der Waals surface area contributed by atoms with E-state index < -0.39 is 210 Å². The molecule has 0 radical (unpaired) electrons. The minimum absolute atomic E-state index is 0.0486. The number of hydrogen-bond acceptors (Lipinski definition) is 19. The molecule has 13 amide bonds. The number of nitrogens with one attached hydrogen (secondary N) is 13. The van der Waals surface area contributed by atoms with Crippen molar-refractivity contribution in [2.75, 3.05) is 18.6 Å². The van der Waals surface area contributed by atoms with Gasteiger partial charge >= 0.3 is 11.9 Å². The Morgan fingerprint density at radius 2 is 0.863 bits per heavy atom. The van der Waals surface area contributed by atoms with E-state index in [1.165, 1.54) is 16.7 Å². The Morgan fingerprint density at radius 3 is 1.36 bits per heavy atom. The molecule has 652 valence electrons. The smallest absolute Gasteiger partial charge is 0.326 e. The summed E-state index contributed by atoms with van der Waals surface area (Å²) in [6.45, 7) is 27.0. The lowest BCUT2D eigenvalue weighted by Gasteiger charge is -2.32. The van der Waals surface area contributed by atoms with E-state index in [0.29, 0.717) is 36.1 Å². The third kappa shape index (κ3) is 31.9. The number of rotatable bonds is 49. The fraction of sp³-hybridized carbons (Fsp3) is 0.646. The topological polar surface area (TPSA) is 526 Å². The molecular weight excluding hydrogens is 1530 g/mol. The number of aliphatic carboxylic acids is 2. The zero-order valence-corrected chi connectivity index (χ0v) is 71.4. The summed E-state index contributed by atoms with van der Waals surface area (Å²) >= 11 is 1.53. The minimum atomic E-state index is -1.96. The number of carbonyl (C=O) groups excluding carboxylic acids is 13. The standard InChI is InChI=1S/C82H129N15O19S/c1-18-47(14)66(94-72(105)56(34-42(4)5)86-70(103)55(33-41(2)3)85-69(102)53(83)30-32-117-17)78(111)89-59(38-51-40-84-54-28-23-22-27-52(51)54)74(107)92-64(45(10)11)76(109)88-58(37-50-25-20-19-21-26-50)71(104)90-60(36-44(8)9)81(114)97-31-24-29-62(97)75(108)93-65(46(12)13)77(110)87-57(35-43(6)7)73(106)95-68(49(16)99)80(113)96-67(48(15)98)79(112)91-61(82(115)116)39-63(100)101/h19-23,25-28,40-49,53,55-62,64-68,84,98-99H,18,24,29-39,83H2,1-17H3,(H,85,102)(H,86,103)(H,87,110)(H,88,109)(H,89,111)(H,90,104)(H,91,112)(H,92,107)(H,93,108)(H,94,105)(H,95,106)(H,96,113)(H,100,101)(H,115,116)/t47-,48+,49+,53-,55-,56-,57-,58-,59-,60-,61-,62-,64-,65-,66-,67-,68-/m0/s1. The average molecular weight is 1660 g/mol. The van der Waals surface area contributed by atoms with Crippen molar-refractivity contribution >= 4 is 111 Å². The van der Waals surface area contributed by atoms with Crippen LogP contribution in [0.1, 0.15) is 180 Å². The number of nitrogens with zero attached hydrogens (tertiary/aromatic N) is 1. The molecule has 35 heteroatoms. The summed E-state index contributed by atoms with van der Waals surface area (Å²) in [5.74, 6) is -16.0. The van der Waals surface area contributed by atoms with E-state index in [1.807, 2.05) is 84.3 Å². The summed E-state index contributed by atoms with van der Waals surface area (Å²) in [6, 6.07) is -3.55. The first-order valence-corrected chi connectivity index (χ1v) is 41.9. The van der Waals surface area contributed by atoms with Crippen LogP contribution in [-0.2, 0) is 84.8 Å². The second-order valence-electron chi connectivity index (χ2n) is 33.0. The van der Waals surface area contributed by atoms with Crippen molar-refractivity contribution in [2.45, 2.75) is 278 Å². The van der Waals surface area contributed by atoms with Crippen molar-refractivity contribution in [3.8, 4) is 0 Å². The normalized spacial score (nSPS) is 17.0. The molecule has 1 aliphatic rings. The molecule has 1 saturated heterocycles. The number of carboxylic acids is 2. The lowest BCUT2D eigenvalue weighted by Crippen LogP contribution is -2.63. The number of amides is 13. The fourth-order valence-corrected chi connectivity index (χ4v) is 14.0. The number of likely N-dealkylation sites (tertiary alicyclic amines) is 1. The third-order valence-electron chi connectivity index (χ3n) is 20.2. The van der Waals surface area contributed by atoms with Gasteiger partial charge in [0.2, 0.25) is 76.8 Å². The van der Waals surface area contributed by atoms with Gasteiger partial charge in [0.05, 0.1) is 24.7 Å². The van der Waals surface area contributed by atoms with E-state index in [-0.39, 0.29) is 75.2 Å². The third-order valence-corrected chi connectivity index (χ3v) is 20.8. The molecule has 3 aromatic rings. The molecule has 1 fully saturated rings. The van der Waals surface area contributed by atoms with Crippen LogP contribution in [0, 0.1) is 41.4 Å². The lowest BCUT2D eigenvalue weighted by molar-refractivity contribution is -0.148. The summed E-state index contributed by atoms with van der Waals surface area (Å²) in [6.07, 6.45) is 0.468. The molecule has 17 atom stereocenters. The number of aromatic nitrogens is 1. The van der Waals surface area contributed by atoms with Crippen molar-refractivity contribution in [1.29, 1.82) is 0 Å². The Labute approximate surface area is 690 Å². The van der Waals surface area contributed by atoms with Crippen molar-refractivity contribution in [2.24, 2.45) is 47.2 Å². The van der Waals surface area contributed by atoms with Gasteiger partial charge in [0.25, 0.3) is 0 Å². The summed E-state index contributed by atoms with van der Waals surface area (Å²) in [4.78, 5) is 215. The van der Waals surface area contributed by atoms with Crippen molar-refractivity contribution in [1.82, 2.24) is 73.7 Å². The number of nitrogens with two attached hydrogens (primary N) is 1. The molecule has 1 aliphatic heterocycles. The SMILES string of the molecule is CC[C@H](C)[C@H](NC(=O)[C@H](CC(C)C)NC(=O)[C@H](CC(C)C)NC(=O)[C@@H](N)CCSC)C(=O)N[C@@H](Cc1c[nH]c2ccccc12)C(=O)N[C@H](C(=O)N[C@@H](Cc1ccccc1)C(=O)N[C@@H](CC(C)C)C(=O)N1CCC[C@H]1C(=O)N[C@H](C(=O)N[C@@H](CC(C)C)C(=O)N[C@H](C(=O)N[C@H](C(=O)N[C@@H](CC(=O)O)C(=O)O)[C@@H](C)O)[C@@H](C)O)C(C)C)C(C)C. The van der Waals surface area contributed by atoms with Crippen LogP contribution in [0.2, 0.25) is 0 Å². The van der Waals surface area contributed by atoms with Crippen LogP contribution in [0.15, 0.2) is 60.8 Å². The van der Waals surface area contributed by atoms with Gasteiger partial charge in [-0.15, -0.1) is 0 Å². The quantitative estimate of drug-likeness (QED) is 0.0382. The van der Waals surface area contributed by atoms with Crippen LogP contribution >= 0.6 is 11.8 Å². The maximum Gasteiger partial charge on any atom is 0.326 e. The monoisotopic (exact) mass is 1660 g/mol. The van der Waals surface area contributed by atoms with E-state index in [0.717, 1.165) is 24.8 Å². The molecule has 0 spiro atoms. The second kappa shape index (κ2) is 48.2. The number of carboxylic acid groups (broad SMARTS) is 2. The Morgan fingerprint density at radius 1 is 0.470 bits per heavy atom. The number of para-hydroxylation sites is 1. The zero-order valence-electron chi connectivity index (χ0n) is 70.6. The molecule has 19 N–H and O–H groups in total. The molecule has 0 bridgehead atoms. The number of aromatic amines is 1. The summed E-state index contributed by atoms with van der Waals surface area (Å²) in [7, 11) is 0. The van der Waals surface area contributed by atoms with Crippen molar-refractivity contribution in [3.63, 3.8) is 0 Å². The van der Waals surface area contributed by atoms with Gasteiger partial charge in [0.15, 0.2) is 0 Å². The highest BCUT2D eigenvalue weighted by atomic mass is 32.2. The molecule has 117 heavy (non-hydrogen) atoms. The van der Waals surface area contributed by atoms with E-state index in [9.17, 15) is 63.3 Å². The molecule has 4 rings (SSSR count). The van der Waals surface area contributed by atoms with Gasteiger partial charge in [0, 0.05) is 36.5 Å². The van der Waals surface area contributed by atoms with Crippen LogP contribution in [0.25, 0.3) is 10.9 Å². The Kier molecular flexibility index (Phi) is 41.1. The van der Waals surface area contributed by atoms with Crippen molar-refractivity contribution in [3.05, 3.63) is 71.9 Å². The fourth-order valence-electron chi connectivity index (χ4n) is 13.5. The number of H-pyrrole nitrogens is 1. The average Bonchev–Trinajstić information content (AvgIpc) is 1.75. The first kappa shape index (κ1) is 99.6. The maximum atomic E-state index is 15.2. The highest BCUT2D eigenvalue weighted by molar-refractivity contribution is 7.98. The van der Waals surface area contributed by atoms with Gasteiger partial charge in [-0.2, -0.15) is 11.8 Å². The summed E-state index contributed by atoms with van der Waals surface area (Å²) in [5, 5.41) is 72.5. The first-order chi connectivity index (χ1) is 54.9. The molecule has 0 saturated carbocycles. The highest BCUT2D eigenvalue weighted by Crippen LogP contribution is 2.25. The van der Waals surface area contributed by atoms with Gasteiger partial charge in [-0.05, 0) is 129 Å². The maximum absolute atomic E-state index is 15.2. The zero-order chi connectivity index (χ0) is 88.0. The van der Waals surface area contributed by atoms with E-state index in [4.69, 9.17) is 10.8 Å². The van der Waals surface area contributed by atoms with Gasteiger partial charge in [-0.3, -0.25) is 67.1 Å². The number of fused-ring (bicyclic) bond motifs is 1. The van der Waals surface area contributed by atoms with E-state index >= 15 is 24.0 Å². The first-order valence-electron chi connectivity index (χ1n) is 40.5. The number of hydrogen-bond donors (Lipinski definition) is 18. The molecular formula is C82H129N15O19S. The van der Waals surface area contributed by atoms with Crippen LogP contribution in [0.3, 0.4) is 0 Å². The van der Waals surface area contributed by atoms with Gasteiger partial charge in [0.1, 0.15) is 78.5 Å². The highest BCUT2D eigenvalue weighted by Gasteiger charge is 2.44. The molecule has 2 heterocycles. The molecule has 34 nitrogen and oxygen atoms in total. The summed E-state index contributed by atoms with van der Waals surface area (Å²) < 4.78 is 0. The van der Waals surface area contributed by atoms with Gasteiger partial charge < -0.3 is 99.8 Å². The van der Waals surface area contributed by atoms with Gasteiger partial charge in [-0.25, -0.2) is 4.79 Å². The molecule has 1 aromatic heterocycles. The predicted octanol–water partition coefficient (Wildman–Crippen LogP) is 1.71. The molecule has 0 unspecified atom stereocenters. The Bertz CT molecular complexity index is 3850. The minimum Gasteiger partial charge on any atom is -0.481 e. The van der Waals surface area contributed by atoms with Crippen molar-refractivity contribution < 1.29 is 92.3 Å². The van der Waals surface area contributed by atoms with E-state index in [1.54, 1.807) is 85.0 Å².